The molecule has 3 aromatic rings. The summed E-state index contributed by atoms with van der Waals surface area (Å²) in [5, 5.41) is 8.14. The van der Waals surface area contributed by atoms with Gasteiger partial charge >= 0.3 is 0 Å². The first-order chi connectivity index (χ1) is 13.1. The van der Waals surface area contributed by atoms with Crippen molar-refractivity contribution >= 4 is 23.0 Å². The molecule has 0 spiro atoms. The van der Waals surface area contributed by atoms with Crippen molar-refractivity contribution in [3.8, 4) is 11.3 Å². The maximum absolute atomic E-state index is 12.8. The number of fused-ring (bicyclic) bond motifs is 1. The van der Waals surface area contributed by atoms with Crippen molar-refractivity contribution in [2.75, 3.05) is 0 Å². The summed E-state index contributed by atoms with van der Waals surface area (Å²) in [5.41, 5.74) is 1.77. The van der Waals surface area contributed by atoms with E-state index in [2.05, 4.69) is 10.4 Å². The first kappa shape index (κ1) is 17.8. The summed E-state index contributed by atoms with van der Waals surface area (Å²) in [6.45, 7) is 0.0211. The van der Waals surface area contributed by atoms with Gasteiger partial charge in [0.1, 0.15) is 12.1 Å². The largest absolute Gasteiger partial charge is 0.352 e. The molecule has 0 unspecified atom stereocenters. The third-order valence-electron chi connectivity index (χ3n) is 5.03. The molecular formula is C20H21ClN4O2. The van der Waals surface area contributed by atoms with Crippen LogP contribution in [0.1, 0.15) is 32.1 Å². The van der Waals surface area contributed by atoms with E-state index in [0.717, 1.165) is 31.2 Å². The Hall–Kier alpha value is -2.60. The minimum Gasteiger partial charge on any atom is -0.352 e. The molecule has 4 rings (SSSR count). The third kappa shape index (κ3) is 3.90. The Labute approximate surface area is 161 Å². The van der Waals surface area contributed by atoms with Gasteiger partial charge in [-0.15, -0.1) is 0 Å². The fraction of sp³-hybridized carbons (Fsp3) is 0.350. The van der Waals surface area contributed by atoms with Crippen LogP contribution in [0.4, 0.5) is 0 Å². The van der Waals surface area contributed by atoms with Crippen LogP contribution >= 0.6 is 11.6 Å². The summed E-state index contributed by atoms with van der Waals surface area (Å²) in [5.74, 6) is -0.120. The lowest BCUT2D eigenvalue weighted by Crippen LogP contribution is -2.39. The number of hydrogen-bond donors (Lipinski definition) is 1. The van der Waals surface area contributed by atoms with E-state index in [1.165, 1.54) is 11.0 Å². The molecule has 0 atom stereocenters. The van der Waals surface area contributed by atoms with Crippen LogP contribution in [-0.4, -0.2) is 26.1 Å². The molecule has 0 radical (unpaired) electrons. The number of nitrogens with zero attached hydrogens (tertiary/aromatic N) is 3. The lowest BCUT2D eigenvalue weighted by atomic mass is 9.95. The Bertz CT molecular complexity index is 1020. The zero-order valence-electron chi connectivity index (χ0n) is 14.9. The summed E-state index contributed by atoms with van der Waals surface area (Å²) in [6, 6.07) is 9.27. The molecule has 1 aliphatic carbocycles. The number of carbonyl (C=O) groups excluding carboxylic acids is 1. The van der Waals surface area contributed by atoms with Gasteiger partial charge in [0.2, 0.25) is 5.91 Å². The normalized spacial score (nSPS) is 15.1. The molecule has 1 N–H and O–H groups in total. The molecule has 1 aromatic carbocycles. The summed E-state index contributed by atoms with van der Waals surface area (Å²) in [7, 11) is 0. The van der Waals surface area contributed by atoms with Gasteiger partial charge in [-0.2, -0.15) is 5.10 Å². The Morgan fingerprint density at radius 1 is 1.15 bits per heavy atom. The Morgan fingerprint density at radius 2 is 1.89 bits per heavy atom. The topological polar surface area (TPSA) is 68.4 Å². The number of halogens is 1. The zero-order chi connectivity index (χ0) is 18.8. The van der Waals surface area contributed by atoms with Crippen LogP contribution in [0.5, 0.6) is 0 Å². The van der Waals surface area contributed by atoms with Gasteiger partial charge in [-0.1, -0.05) is 43.0 Å². The van der Waals surface area contributed by atoms with Crippen LogP contribution in [-0.2, 0) is 11.3 Å². The number of hydrogen-bond acceptors (Lipinski definition) is 3. The number of nitrogens with one attached hydrogen (secondary N) is 1. The van der Waals surface area contributed by atoms with Gasteiger partial charge in [-0.05, 0) is 31.0 Å². The highest BCUT2D eigenvalue weighted by Crippen LogP contribution is 2.21. The van der Waals surface area contributed by atoms with Crippen molar-refractivity contribution in [1.82, 2.24) is 19.5 Å². The lowest BCUT2D eigenvalue weighted by molar-refractivity contribution is -0.122. The van der Waals surface area contributed by atoms with Gasteiger partial charge in [-0.3, -0.25) is 9.59 Å². The quantitative estimate of drug-likeness (QED) is 0.750. The highest BCUT2D eigenvalue weighted by molar-refractivity contribution is 6.30. The van der Waals surface area contributed by atoms with Crippen LogP contribution in [0.25, 0.3) is 16.8 Å². The maximum Gasteiger partial charge on any atom is 0.277 e. The van der Waals surface area contributed by atoms with E-state index in [-0.39, 0.29) is 24.1 Å². The molecule has 1 amide bonds. The number of rotatable bonds is 4. The minimum atomic E-state index is -0.232. The molecule has 0 aliphatic heterocycles. The summed E-state index contributed by atoms with van der Waals surface area (Å²) >= 11 is 5.93. The van der Waals surface area contributed by atoms with E-state index >= 15 is 0 Å². The maximum atomic E-state index is 12.8. The Morgan fingerprint density at radius 3 is 2.63 bits per heavy atom. The smallest absolute Gasteiger partial charge is 0.277 e. The van der Waals surface area contributed by atoms with Crippen molar-refractivity contribution in [3.05, 3.63) is 58.1 Å². The number of carbonyl (C=O) groups is 1. The van der Waals surface area contributed by atoms with Crippen LogP contribution in [0.2, 0.25) is 5.02 Å². The molecule has 6 nitrogen and oxygen atoms in total. The van der Waals surface area contributed by atoms with E-state index < -0.39 is 0 Å². The van der Waals surface area contributed by atoms with Crippen LogP contribution in [0, 0.1) is 0 Å². The Balaban J connectivity index is 1.55. The first-order valence-corrected chi connectivity index (χ1v) is 9.62. The molecular weight excluding hydrogens is 364 g/mol. The van der Waals surface area contributed by atoms with E-state index in [4.69, 9.17) is 11.6 Å². The van der Waals surface area contributed by atoms with Gasteiger partial charge in [0.25, 0.3) is 5.56 Å². The average molecular weight is 385 g/mol. The molecule has 0 saturated heterocycles. The molecule has 0 bridgehead atoms. The second-order valence-electron chi connectivity index (χ2n) is 7.00. The van der Waals surface area contributed by atoms with E-state index in [1.54, 1.807) is 35.1 Å². The number of amides is 1. The van der Waals surface area contributed by atoms with Crippen molar-refractivity contribution in [3.63, 3.8) is 0 Å². The van der Waals surface area contributed by atoms with Crippen molar-refractivity contribution < 1.29 is 4.79 Å². The van der Waals surface area contributed by atoms with Crippen molar-refractivity contribution in [1.29, 1.82) is 0 Å². The second-order valence-corrected chi connectivity index (χ2v) is 7.44. The standard InChI is InChI=1S/C20H21ClN4O2/c21-15-8-6-14(7-9-15)17-12-18-20(27)24(10-11-25(18)23-17)13-19(26)22-16-4-2-1-3-5-16/h6-12,16H,1-5,13H2,(H,22,26). The highest BCUT2D eigenvalue weighted by atomic mass is 35.5. The molecule has 2 aromatic heterocycles. The average Bonchev–Trinajstić information content (AvgIpc) is 3.10. The van der Waals surface area contributed by atoms with Crippen molar-refractivity contribution in [2.24, 2.45) is 0 Å². The Kier molecular flexibility index (Phi) is 4.99. The third-order valence-corrected chi connectivity index (χ3v) is 5.28. The summed E-state index contributed by atoms with van der Waals surface area (Å²) in [6.07, 6.45) is 8.89. The number of aromatic nitrogens is 3. The predicted molar refractivity (Wildman–Crippen MR) is 105 cm³/mol. The van der Waals surface area contributed by atoms with Gasteiger partial charge in [0.15, 0.2) is 0 Å². The van der Waals surface area contributed by atoms with Gasteiger partial charge in [-0.25, -0.2) is 4.52 Å². The molecule has 1 aliphatic rings. The molecule has 2 heterocycles. The van der Waals surface area contributed by atoms with Crippen LogP contribution in [0.3, 0.4) is 0 Å². The van der Waals surface area contributed by atoms with Crippen LogP contribution < -0.4 is 10.9 Å². The predicted octanol–water partition coefficient (Wildman–Crippen LogP) is 3.27. The molecule has 140 valence electrons. The second kappa shape index (κ2) is 7.56. The van der Waals surface area contributed by atoms with Crippen LogP contribution in [0.15, 0.2) is 47.5 Å². The van der Waals surface area contributed by atoms with Gasteiger partial charge in [0, 0.05) is 29.0 Å². The highest BCUT2D eigenvalue weighted by Gasteiger charge is 2.17. The summed E-state index contributed by atoms with van der Waals surface area (Å²) in [4.78, 5) is 25.1. The monoisotopic (exact) mass is 384 g/mol. The fourth-order valence-electron chi connectivity index (χ4n) is 3.59. The number of benzene rings is 1. The fourth-order valence-corrected chi connectivity index (χ4v) is 3.71. The lowest BCUT2D eigenvalue weighted by Gasteiger charge is -2.22. The molecule has 1 fully saturated rings. The van der Waals surface area contributed by atoms with Gasteiger partial charge < -0.3 is 9.88 Å². The van der Waals surface area contributed by atoms with Crippen molar-refractivity contribution in [2.45, 2.75) is 44.7 Å². The zero-order valence-corrected chi connectivity index (χ0v) is 15.7. The minimum absolute atomic E-state index is 0.0211. The molecule has 27 heavy (non-hydrogen) atoms. The van der Waals surface area contributed by atoms with E-state index in [0.29, 0.717) is 16.2 Å². The first-order valence-electron chi connectivity index (χ1n) is 9.24. The SMILES string of the molecule is O=C(Cn1ccn2nc(-c3ccc(Cl)cc3)cc2c1=O)NC1CCCCC1. The van der Waals surface area contributed by atoms with Gasteiger partial charge in [0.05, 0.1) is 5.69 Å². The molecule has 1 saturated carbocycles. The molecule has 7 heteroatoms. The van der Waals surface area contributed by atoms with E-state index in [1.807, 2.05) is 12.1 Å². The van der Waals surface area contributed by atoms with E-state index in [9.17, 15) is 9.59 Å². The summed E-state index contributed by atoms with van der Waals surface area (Å²) < 4.78 is 2.97.